The minimum Gasteiger partial charge on any atom is -0.488 e. The molecule has 0 saturated carbocycles. The highest BCUT2D eigenvalue weighted by Crippen LogP contribution is 2.29. The molecule has 1 aromatic heterocycles. The molecule has 0 spiro atoms. The van der Waals surface area contributed by atoms with Crippen LogP contribution in [-0.4, -0.2) is 65.0 Å². The highest BCUT2D eigenvalue weighted by atomic mass is 16.5. The van der Waals surface area contributed by atoms with Gasteiger partial charge in [0.15, 0.2) is 5.76 Å². The van der Waals surface area contributed by atoms with E-state index in [0.29, 0.717) is 32.2 Å². The first-order valence-corrected chi connectivity index (χ1v) is 15.2. The monoisotopic (exact) mass is 598 g/mol. The Labute approximate surface area is 262 Å². The molecular weight excluding hydrogens is 552 g/mol. The van der Waals surface area contributed by atoms with Gasteiger partial charge in [-0.1, -0.05) is 39.3 Å². The van der Waals surface area contributed by atoms with Crippen LogP contribution in [0.1, 0.15) is 53.0 Å². The summed E-state index contributed by atoms with van der Waals surface area (Å²) >= 11 is 0. The topological polar surface area (TPSA) is 84.3 Å². The first-order chi connectivity index (χ1) is 21.5. The quantitative estimate of drug-likeness (QED) is 0.358. The van der Waals surface area contributed by atoms with Gasteiger partial charge in [-0.15, -0.1) is 12.8 Å². The van der Waals surface area contributed by atoms with Gasteiger partial charge in [0.25, 0.3) is 0 Å². The molecule has 0 aliphatic carbocycles. The van der Waals surface area contributed by atoms with Crippen LogP contribution in [0.4, 0.5) is 11.5 Å². The Morgan fingerprint density at radius 1 is 1.16 bits per heavy atom. The number of hydrazone groups is 1. The van der Waals surface area contributed by atoms with Gasteiger partial charge in [-0.3, -0.25) is 5.01 Å². The molecule has 3 aliphatic heterocycles. The molecule has 5 rings (SSSR count). The van der Waals surface area contributed by atoms with E-state index in [-0.39, 0.29) is 6.04 Å². The van der Waals surface area contributed by atoms with Crippen LogP contribution in [0.3, 0.4) is 0 Å². The highest BCUT2D eigenvalue weighted by Gasteiger charge is 2.33. The molecule has 0 radical (unpaired) electrons. The average molecular weight is 599 g/mol. The Morgan fingerprint density at radius 2 is 1.95 bits per heavy atom. The predicted molar refractivity (Wildman–Crippen MR) is 180 cm³/mol. The van der Waals surface area contributed by atoms with Crippen molar-refractivity contribution >= 4 is 29.6 Å². The number of terminal acetylenes is 1. The van der Waals surface area contributed by atoms with Gasteiger partial charge < -0.3 is 24.4 Å². The summed E-state index contributed by atoms with van der Waals surface area (Å²) in [7, 11) is 0. The fourth-order valence-corrected chi connectivity index (χ4v) is 4.92. The summed E-state index contributed by atoms with van der Waals surface area (Å²) in [5.74, 6) is 3.10. The molecule has 234 valence electrons. The molecule has 1 N–H and O–H groups in total. The Morgan fingerprint density at radius 3 is 2.61 bits per heavy atom. The Bertz CT molecular complexity index is 1510. The Balaban J connectivity index is 0.000000997. The van der Waals surface area contributed by atoms with Crippen molar-refractivity contribution in [3.05, 3.63) is 76.5 Å². The lowest BCUT2D eigenvalue weighted by Crippen LogP contribution is -2.52. The van der Waals surface area contributed by atoms with Crippen LogP contribution in [-0.2, 0) is 9.47 Å². The number of nitrogens with one attached hydrogen (secondary N) is 1. The molecular formula is C35H46N6O3. The van der Waals surface area contributed by atoms with E-state index in [2.05, 4.69) is 71.0 Å². The normalized spacial score (nSPS) is 20.1. The number of hydrogen-bond acceptors (Lipinski definition) is 9. The van der Waals surface area contributed by atoms with E-state index in [9.17, 15) is 0 Å². The summed E-state index contributed by atoms with van der Waals surface area (Å²) < 4.78 is 18.3. The second-order valence-corrected chi connectivity index (χ2v) is 10.2. The van der Waals surface area contributed by atoms with Gasteiger partial charge in [-0.05, 0) is 63.1 Å². The maximum Gasteiger partial charge on any atom is 0.155 e. The van der Waals surface area contributed by atoms with Gasteiger partial charge in [0.1, 0.15) is 30.3 Å². The summed E-state index contributed by atoms with van der Waals surface area (Å²) in [6.45, 7) is 15.8. The van der Waals surface area contributed by atoms with Crippen molar-refractivity contribution in [1.29, 1.82) is 0 Å². The van der Waals surface area contributed by atoms with Crippen molar-refractivity contribution in [1.82, 2.24) is 19.9 Å². The zero-order valence-electron chi connectivity index (χ0n) is 26.9. The van der Waals surface area contributed by atoms with Gasteiger partial charge in [0.2, 0.25) is 0 Å². The van der Waals surface area contributed by atoms with E-state index in [1.807, 2.05) is 62.3 Å². The maximum absolute atomic E-state index is 6.41. The molecule has 3 aliphatic rings. The second kappa shape index (κ2) is 17.5. The number of rotatable bonds is 6. The van der Waals surface area contributed by atoms with Gasteiger partial charge in [-0.25, -0.2) is 9.97 Å². The van der Waals surface area contributed by atoms with Crippen molar-refractivity contribution < 1.29 is 14.2 Å². The van der Waals surface area contributed by atoms with E-state index in [1.54, 1.807) is 12.5 Å². The standard InChI is InChI=1S/C30H36N6O3.C3H8.C2H2/c1-5-8-26-29(38-19-23-18-37-16-15-36(23)26)28-25(6-2)31-20-32-30(28)34-22-9-10-27(21(4)17-22)39-24-11-13-35(14-12-24)33-7-3;1-3-2;1-2/h6-13,17,20,23H,5,14-16,18-19H2,1-4H3,(H,31,32,34);3H2,1-2H3;1-2H/b25-6+,26-8-,29-28-,33-7-;;. The first-order valence-electron chi connectivity index (χ1n) is 15.2. The largest absolute Gasteiger partial charge is 0.488 e. The molecule has 1 unspecified atom stereocenters. The lowest BCUT2D eigenvalue weighted by atomic mass is 10.1. The molecule has 44 heavy (non-hydrogen) atoms. The third-order valence-corrected chi connectivity index (χ3v) is 6.78. The number of ether oxygens (including phenoxy) is 3. The number of fused-ring (bicyclic) bond motifs is 1. The molecule has 9 heteroatoms. The van der Waals surface area contributed by atoms with E-state index in [1.165, 1.54) is 6.42 Å². The van der Waals surface area contributed by atoms with Crippen molar-refractivity contribution in [3.63, 3.8) is 0 Å². The lowest BCUT2D eigenvalue weighted by molar-refractivity contribution is -0.0259. The number of hydrogen-bond donors (Lipinski definition) is 1. The minimum absolute atomic E-state index is 0.210. The highest BCUT2D eigenvalue weighted by molar-refractivity contribution is 5.67. The van der Waals surface area contributed by atoms with Crippen molar-refractivity contribution in [3.8, 4) is 18.6 Å². The average Bonchev–Trinajstić information content (AvgIpc) is 3.05. The summed E-state index contributed by atoms with van der Waals surface area (Å²) in [5.41, 5.74) is 2.99. The number of aryl methyl sites for hydroxylation is 1. The lowest BCUT2D eigenvalue weighted by Gasteiger charge is -2.43. The summed E-state index contributed by atoms with van der Waals surface area (Å²) in [4.78, 5) is 11.6. The zero-order valence-corrected chi connectivity index (χ0v) is 26.9. The molecule has 1 aromatic carbocycles. The molecule has 4 heterocycles. The van der Waals surface area contributed by atoms with Crippen LogP contribution in [0, 0.1) is 19.8 Å². The van der Waals surface area contributed by atoms with Gasteiger partial charge >= 0.3 is 0 Å². The van der Waals surface area contributed by atoms with Crippen LogP contribution in [0.5, 0.6) is 5.75 Å². The van der Waals surface area contributed by atoms with E-state index >= 15 is 0 Å². The van der Waals surface area contributed by atoms with Gasteiger partial charge in [0, 0.05) is 24.6 Å². The molecule has 2 aromatic rings. The molecule has 0 bridgehead atoms. The molecule has 9 nitrogen and oxygen atoms in total. The van der Waals surface area contributed by atoms with Gasteiger partial charge in [0.05, 0.1) is 42.1 Å². The number of nitrogens with zero attached hydrogens (tertiary/aromatic N) is 5. The molecule has 0 amide bonds. The van der Waals surface area contributed by atoms with E-state index in [0.717, 1.165) is 57.7 Å². The van der Waals surface area contributed by atoms with Crippen LogP contribution < -0.4 is 20.6 Å². The van der Waals surface area contributed by atoms with Crippen LogP contribution in [0.2, 0.25) is 0 Å². The molecule has 2 saturated heterocycles. The van der Waals surface area contributed by atoms with Crippen LogP contribution in [0.15, 0.2) is 65.5 Å². The first kappa shape index (κ1) is 33.9. The number of benzene rings is 1. The third-order valence-electron chi connectivity index (χ3n) is 6.78. The number of morpholine rings is 2. The SMILES string of the molecule is C#C.C/C=N\N1C=CC(Oc2ccc(Nc3ncnc(=C/C)/c3=C3/OCC4COCCN4/C3=C\CC)cc2C)=CC1.CCC. The van der Waals surface area contributed by atoms with Crippen molar-refractivity contribution in [2.75, 3.05) is 38.2 Å². The van der Waals surface area contributed by atoms with Crippen molar-refractivity contribution in [2.24, 2.45) is 5.10 Å². The van der Waals surface area contributed by atoms with E-state index in [4.69, 9.17) is 14.2 Å². The summed E-state index contributed by atoms with van der Waals surface area (Å²) in [6, 6.07) is 6.24. The van der Waals surface area contributed by atoms with Crippen molar-refractivity contribution in [2.45, 2.75) is 60.4 Å². The number of allylic oxidation sites excluding steroid dienone is 2. The maximum atomic E-state index is 6.41. The number of aromatic nitrogens is 2. The number of anilines is 2. The smallest absolute Gasteiger partial charge is 0.155 e. The minimum atomic E-state index is 0.210. The fraction of sp³-hybridized carbons (Fsp3) is 0.400. The molecule has 2 fully saturated rings. The third kappa shape index (κ3) is 8.51. The van der Waals surface area contributed by atoms with E-state index < -0.39 is 0 Å². The second-order valence-electron chi connectivity index (χ2n) is 10.2. The van der Waals surface area contributed by atoms with Crippen LogP contribution >= 0.6 is 0 Å². The van der Waals surface area contributed by atoms with Crippen LogP contribution in [0.25, 0.3) is 11.8 Å². The Kier molecular flexibility index (Phi) is 13.5. The molecule has 1 atom stereocenters. The fourth-order valence-electron chi connectivity index (χ4n) is 4.92. The summed E-state index contributed by atoms with van der Waals surface area (Å²) in [6.07, 6.45) is 23.5. The Hall–Kier alpha value is -4.55. The summed E-state index contributed by atoms with van der Waals surface area (Å²) in [5, 5.41) is 11.3. The zero-order chi connectivity index (χ0) is 31.9. The van der Waals surface area contributed by atoms with Gasteiger partial charge in [-0.2, -0.15) is 5.10 Å². The predicted octanol–water partition coefficient (Wildman–Crippen LogP) is 5.23.